The molecule has 2 heterocycles. The van der Waals surface area contributed by atoms with Crippen molar-refractivity contribution in [2.45, 2.75) is 98.8 Å². The molecule has 3 aromatic carbocycles. The number of allylic oxidation sites excluding steroid dienone is 2. The first-order valence-corrected chi connectivity index (χ1v) is 17.6. The third-order valence-corrected chi connectivity index (χ3v) is 9.49. The van der Waals surface area contributed by atoms with Crippen LogP contribution in [0.15, 0.2) is 89.2 Å². The molecule has 0 fully saturated rings. The van der Waals surface area contributed by atoms with E-state index in [1.165, 1.54) is 17.0 Å². The van der Waals surface area contributed by atoms with Gasteiger partial charge in [-0.1, -0.05) is 102 Å². The number of ketones is 1. The van der Waals surface area contributed by atoms with Crippen molar-refractivity contribution in [1.29, 1.82) is 5.26 Å². The molecule has 5 aromatic rings. The number of hydrogen-bond acceptors (Lipinski definition) is 5. The summed E-state index contributed by atoms with van der Waals surface area (Å²) in [6, 6.07) is 28.6. The van der Waals surface area contributed by atoms with E-state index >= 15 is 0 Å². The van der Waals surface area contributed by atoms with Gasteiger partial charge in [0.15, 0.2) is 5.78 Å². The molecule has 0 aliphatic rings. The van der Waals surface area contributed by atoms with Crippen molar-refractivity contribution in [1.82, 2.24) is 4.98 Å². The molecule has 0 saturated heterocycles. The fraction of sp³-hybridized carbons (Fsp3) is 0.386. The first kappa shape index (κ1) is 40.4. The summed E-state index contributed by atoms with van der Waals surface area (Å²) in [6.45, 7) is 18.6. The topological polar surface area (TPSA) is 87.1 Å². The van der Waals surface area contributed by atoms with E-state index in [1.807, 2.05) is 90.2 Å². The van der Waals surface area contributed by atoms with Crippen LogP contribution in [0.1, 0.15) is 99.1 Å². The first-order chi connectivity index (χ1) is 23.3. The van der Waals surface area contributed by atoms with Gasteiger partial charge in [0.1, 0.15) is 11.3 Å². The third-order valence-electron chi connectivity index (χ3n) is 9.49. The van der Waals surface area contributed by atoms with E-state index in [0.29, 0.717) is 0 Å². The molecule has 2 aromatic heterocycles. The van der Waals surface area contributed by atoms with Gasteiger partial charge in [0.2, 0.25) is 0 Å². The van der Waals surface area contributed by atoms with Gasteiger partial charge in [0.25, 0.3) is 0 Å². The molecule has 0 aliphatic carbocycles. The molecule has 5 rings (SSSR count). The predicted octanol–water partition coefficient (Wildman–Crippen LogP) is 12.1. The Kier molecular flexibility index (Phi) is 13.9. The van der Waals surface area contributed by atoms with E-state index in [1.54, 1.807) is 0 Å². The Morgan fingerprint density at radius 2 is 1.52 bits per heavy atom. The number of nitrogens with zero attached hydrogens (tertiary/aromatic N) is 2. The van der Waals surface area contributed by atoms with Crippen molar-refractivity contribution >= 4 is 27.5 Å². The van der Waals surface area contributed by atoms with Gasteiger partial charge in [-0.25, -0.2) is 0 Å². The van der Waals surface area contributed by atoms with Crippen molar-refractivity contribution in [3.05, 3.63) is 102 Å². The van der Waals surface area contributed by atoms with Gasteiger partial charge in [-0.15, -0.1) is 29.1 Å². The van der Waals surface area contributed by atoms with Gasteiger partial charge in [-0.3, -0.25) is 9.78 Å². The molecule has 0 aliphatic heterocycles. The van der Waals surface area contributed by atoms with Crippen molar-refractivity contribution in [3.63, 3.8) is 0 Å². The third kappa shape index (κ3) is 9.19. The van der Waals surface area contributed by atoms with E-state index in [4.69, 9.17) is 9.40 Å². The Hall–Kier alpha value is -4.04. The van der Waals surface area contributed by atoms with Crippen molar-refractivity contribution < 1.29 is 34.4 Å². The van der Waals surface area contributed by atoms with Crippen LogP contribution in [-0.4, -0.2) is 15.9 Å². The molecule has 0 amide bonds. The van der Waals surface area contributed by atoms with E-state index in [2.05, 4.69) is 57.2 Å². The minimum Gasteiger partial charge on any atom is -0.512 e. The number of aromatic nitrogens is 1. The van der Waals surface area contributed by atoms with Crippen molar-refractivity contribution in [3.8, 4) is 28.7 Å². The van der Waals surface area contributed by atoms with Crippen LogP contribution in [-0.2, 0) is 35.7 Å². The number of carbonyl (C=O) groups excluding carboxylic acids is 1. The summed E-state index contributed by atoms with van der Waals surface area (Å²) in [5, 5.41) is 22.9. The van der Waals surface area contributed by atoms with Crippen LogP contribution < -0.4 is 0 Å². The minimum absolute atomic E-state index is 0. The van der Waals surface area contributed by atoms with Crippen LogP contribution in [0.3, 0.4) is 0 Å². The maximum absolute atomic E-state index is 11.7. The Bertz CT molecular complexity index is 1950. The standard InChI is InChI=1S/C31H27N2O.C13H24O2.Ir/c1-30(2,3)25-15-22(14-20-10-6-8-12-23(20)25)27-17-24(26(18-33-27)31(4,5)19-32)29-16-21-11-7-9-13-28(21)34-29;1-5-10(6-2)12(14)9-13(15)11(7-3)8-4;/h6-13,15-18H,1-5H3;9-11,14H,5-8H2,1-4H3;/q-1;;/b;12-9-;. The summed E-state index contributed by atoms with van der Waals surface area (Å²) in [5.41, 5.74) is 4.79. The zero-order valence-corrected chi connectivity index (χ0v) is 33.4. The number of pyridine rings is 1. The molecular formula is C44H51IrN2O3-. The number of carbonyl (C=O) groups is 1. The molecule has 1 N–H and O–H groups in total. The second-order valence-electron chi connectivity index (χ2n) is 14.4. The summed E-state index contributed by atoms with van der Waals surface area (Å²) >= 11 is 0. The molecule has 0 unspecified atom stereocenters. The first-order valence-electron chi connectivity index (χ1n) is 17.6. The number of furan rings is 1. The summed E-state index contributed by atoms with van der Waals surface area (Å²) < 4.78 is 6.23. The maximum Gasteiger partial charge on any atom is 0.162 e. The van der Waals surface area contributed by atoms with Gasteiger partial charge in [-0.2, -0.15) is 5.26 Å². The molecule has 265 valence electrons. The molecule has 5 nitrogen and oxygen atoms in total. The van der Waals surface area contributed by atoms with Crippen LogP contribution in [0.25, 0.3) is 44.3 Å². The molecule has 0 atom stereocenters. The van der Waals surface area contributed by atoms with Gasteiger partial charge in [0, 0.05) is 60.9 Å². The SMILES string of the molecule is CC(C)(C)c1cc(-c2cc(-c3cc4ccccc4o3)c(C(C)(C)C#N)cn2)[c-]c2ccccc12.CCC(CC)C(=O)/C=C(\O)C(CC)CC.[Ir]. The minimum atomic E-state index is -0.719. The second-order valence-corrected chi connectivity index (χ2v) is 14.4. The molecule has 0 spiro atoms. The molecule has 6 heteroatoms. The quantitative estimate of drug-likeness (QED) is 0.0859. The summed E-state index contributed by atoms with van der Waals surface area (Å²) in [7, 11) is 0. The second kappa shape index (κ2) is 17.3. The van der Waals surface area contributed by atoms with Gasteiger partial charge < -0.3 is 9.52 Å². The zero-order chi connectivity index (χ0) is 35.9. The number of nitriles is 1. The van der Waals surface area contributed by atoms with Crippen LogP contribution in [0.4, 0.5) is 0 Å². The normalized spacial score (nSPS) is 12.1. The van der Waals surface area contributed by atoms with E-state index < -0.39 is 5.41 Å². The van der Waals surface area contributed by atoms with E-state index in [-0.39, 0.29) is 48.9 Å². The van der Waals surface area contributed by atoms with Crippen molar-refractivity contribution in [2.24, 2.45) is 11.8 Å². The summed E-state index contributed by atoms with van der Waals surface area (Å²) in [4.78, 5) is 16.5. The van der Waals surface area contributed by atoms with Crippen LogP contribution in [0, 0.1) is 29.2 Å². The molecule has 1 radical (unpaired) electrons. The van der Waals surface area contributed by atoms with Gasteiger partial charge >= 0.3 is 0 Å². The monoisotopic (exact) mass is 848 g/mol. The number of rotatable bonds is 10. The summed E-state index contributed by atoms with van der Waals surface area (Å²) in [5.74, 6) is 1.28. The van der Waals surface area contributed by atoms with Crippen LogP contribution in [0.5, 0.6) is 0 Å². The van der Waals surface area contributed by atoms with Crippen LogP contribution in [0.2, 0.25) is 0 Å². The van der Waals surface area contributed by atoms with E-state index in [9.17, 15) is 15.2 Å². The summed E-state index contributed by atoms with van der Waals surface area (Å²) in [6.07, 6.45) is 6.73. The van der Waals surface area contributed by atoms with Crippen LogP contribution >= 0.6 is 0 Å². The maximum atomic E-state index is 11.7. The smallest absolute Gasteiger partial charge is 0.162 e. The van der Waals surface area contributed by atoms with Gasteiger partial charge in [-0.05, 0) is 62.6 Å². The number of para-hydroxylation sites is 1. The van der Waals surface area contributed by atoms with E-state index in [0.717, 1.165) is 70.2 Å². The zero-order valence-electron chi connectivity index (χ0n) is 31.0. The average molecular weight is 848 g/mol. The molecular weight excluding hydrogens is 797 g/mol. The number of fused-ring (bicyclic) bond motifs is 2. The fourth-order valence-electron chi connectivity index (χ4n) is 6.25. The fourth-order valence-corrected chi connectivity index (χ4v) is 6.25. The Labute approximate surface area is 312 Å². The number of hydrogen-bond donors (Lipinski definition) is 1. The largest absolute Gasteiger partial charge is 0.512 e. The average Bonchev–Trinajstić information content (AvgIpc) is 3.53. The molecule has 0 bridgehead atoms. The molecule has 50 heavy (non-hydrogen) atoms. The number of aliphatic hydroxyl groups is 1. The Morgan fingerprint density at radius 1 is 0.900 bits per heavy atom. The predicted molar refractivity (Wildman–Crippen MR) is 202 cm³/mol. The van der Waals surface area contributed by atoms with Gasteiger partial charge in [0.05, 0.1) is 17.2 Å². The Morgan fingerprint density at radius 3 is 2.12 bits per heavy atom. The number of benzene rings is 3. The van der Waals surface area contributed by atoms with Crippen molar-refractivity contribution in [2.75, 3.05) is 0 Å². The molecule has 0 saturated carbocycles. The Balaban J connectivity index is 0.000000361. The number of aliphatic hydroxyl groups excluding tert-OH is 1.